The zero-order chi connectivity index (χ0) is 17.2. The molecule has 4 heterocycles. The lowest BCUT2D eigenvalue weighted by atomic mass is 10.2. The van der Waals surface area contributed by atoms with Crippen molar-refractivity contribution in [2.75, 3.05) is 0 Å². The van der Waals surface area contributed by atoms with Crippen molar-refractivity contribution in [3.05, 3.63) is 66.4 Å². The average molecular weight is 345 g/mol. The maximum Gasteiger partial charge on any atom is 0.178 e. The van der Waals surface area contributed by atoms with E-state index in [2.05, 4.69) is 19.9 Å². The molecule has 0 amide bonds. The van der Waals surface area contributed by atoms with Crippen LogP contribution in [0.4, 0.5) is 0 Å². The van der Waals surface area contributed by atoms with E-state index in [0.29, 0.717) is 5.82 Å². The van der Waals surface area contributed by atoms with Crippen LogP contribution in [0.15, 0.2) is 55.0 Å². The van der Waals surface area contributed by atoms with Crippen LogP contribution in [-0.2, 0) is 0 Å². The molecule has 0 spiro atoms. The molecule has 5 nitrogen and oxygen atoms in total. The molecule has 4 aromatic heterocycles. The molecule has 0 aliphatic heterocycles. The Bertz CT molecular complexity index is 1030. The van der Waals surface area contributed by atoms with Crippen molar-refractivity contribution in [3.63, 3.8) is 0 Å². The van der Waals surface area contributed by atoms with Crippen LogP contribution in [0.25, 0.3) is 32.7 Å². The standard InChI is InChI=1S/C19H15N5S/c1-12-5-3-7-16(22-12)18-21-10-8-15(24-18)17-13(2)23-19(25-17)14-6-4-9-20-11-14/h3-11H,1-2H3. The summed E-state index contributed by atoms with van der Waals surface area (Å²) in [5, 5.41) is 0.939. The largest absolute Gasteiger partial charge is 0.264 e. The summed E-state index contributed by atoms with van der Waals surface area (Å²) in [5.41, 5.74) is 4.54. The number of hydrogen-bond donors (Lipinski definition) is 0. The van der Waals surface area contributed by atoms with Crippen molar-refractivity contribution in [3.8, 4) is 32.7 Å². The lowest BCUT2D eigenvalue weighted by molar-refractivity contribution is 1.11. The van der Waals surface area contributed by atoms with Gasteiger partial charge in [0.25, 0.3) is 0 Å². The van der Waals surface area contributed by atoms with E-state index in [1.165, 1.54) is 0 Å². The zero-order valence-corrected chi connectivity index (χ0v) is 14.7. The second-order valence-electron chi connectivity index (χ2n) is 5.60. The Morgan fingerprint density at radius 3 is 2.56 bits per heavy atom. The number of hydrogen-bond acceptors (Lipinski definition) is 6. The van der Waals surface area contributed by atoms with E-state index in [1.807, 2.05) is 56.4 Å². The maximum atomic E-state index is 4.70. The Labute approximate surface area is 149 Å². The molecule has 4 aromatic rings. The van der Waals surface area contributed by atoms with Crippen LogP contribution in [0.2, 0.25) is 0 Å². The molecule has 122 valence electrons. The summed E-state index contributed by atoms with van der Waals surface area (Å²) < 4.78 is 0. The smallest absolute Gasteiger partial charge is 0.178 e. The van der Waals surface area contributed by atoms with Crippen LogP contribution < -0.4 is 0 Å². The van der Waals surface area contributed by atoms with Gasteiger partial charge in [-0.15, -0.1) is 11.3 Å². The summed E-state index contributed by atoms with van der Waals surface area (Å²) in [5.74, 6) is 0.622. The van der Waals surface area contributed by atoms with E-state index >= 15 is 0 Å². The maximum absolute atomic E-state index is 4.70. The van der Waals surface area contributed by atoms with E-state index in [4.69, 9.17) is 4.98 Å². The molecule has 0 atom stereocenters. The van der Waals surface area contributed by atoms with Crippen LogP contribution in [0.3, 0.4) is 0 Å². The quantitative estimate of drug-likeness (QED) is 0.552. The van der Waals surface area contributed by atoms with Gasteiger partial charge in [-0.2, -0.15) is 0 Å². The molecule has 0 saturated heterocycles. The Hall–Kier alpha value is -2.99. The monoisotopic (exact) mass is 345 g/mol. The molecule has 0 N–H and O–H groups in total. The van der Waals surface area contributed by atoms with Gasteiger partial charge in [0, 0.05) is 29.8 Å². The molecule has 25 heavy (non-hydrogen) atoms. The van der Waals surface area contributed by atoms with Gasteiger partial charge >= 0.3 is 0 Å². The van der Waals surface area contributed by atoms with Crippen LogP contribution in [0.5, 0.6) is 0 Å². The Kier molecular flexibility index (Phi) is 4.03. The number of aryl methyl sites for hydroxylation is 2. The predicted molar refractivity (Wildman–Crippen MR) is 99.1 cm³/mol. The van der Waals surface area contributed by atoms with Crippen molar-refractivity contribution >= 4 is 11.3 Å². The molecule has 0 saturated carbocycles. The molecule has 0 aliphatic carbocycles. The molecule has 0 fully saturated rings. The first-order valence-electron chi connectivity index (χ1n) is 7.86. The van der Waals surface area contributed by atoms with Crippen LogP contribution in [-0.4, -0.2) is 24.9 Å². The number of rotatable bonds is 3. The molecular weight excluding hydrogens is 330 g/mol. The highest BCUT2D eigenvalue weighted by Gasteiger charge is 2.14. The Morgan fingerprint density at radius 2 is 1.76 bits per heavy atom. The van der Waals surface area contributed by atoms with E-state index in [9.17, 15) is 0 Å². The minimum Gasteiger partial charge on any atom is -0.264 e. The number of aromatic nitrogens is 5. The minimum absolute atomic E-state index is 0.622. The molecular formula is C19H15N5S. The summed E-state index contributed by atoms with van der Waals surface area (Å²) >= 11 is 1.61. The molecule has 0 aromatic carbocycles. The Balaban J connectivity index is 1.76. The van der Waals surface area contributed by atoms with Gasteiger partial charge in [0.1, 0.15) is 10.7 Å². The molecule has 4 rings (SSSR count). The topological polar surface area (TPSA) is 64.5 Å². The summed E-state index contributed by atoms with van der Waals surface area (Å²) in [7, 11) is 0. The third-order valence-corrected chi connectivity index (χ3v) is 4.94. The summed E-state index contributed by atoms with van der Waals surface area (Å²) in [6.45, 7) is 3.96. The third-order valence-electron chi connectivity index (χ3n) is 3.71. The first-order valence-corrected chi connectivity index (χ1v) is 8.67. The number of thiazole rings is 1. The molecule has 6 heteroatoms. The van der Waals surface area contributed by atoms with Gasteiger partial charge in [-0.1, -0.05) is 6.07 Å². The molecule has 0 radical (unpaired) electrons. The fourth-order valence-corrected chi connectivity index (χ4v) is 3.55. The lowest BCUT2D eigenvalue weighted by Crippen LogP contribution is -1.94. The predicted octanol–water partition coefficient (Wildman–Crippen LogP) is 4.34. The first kappa shape index (κ1) is 15.5. The van der Waals surface area contributed by atoms with Crippen LogP contribution in [0.1, 0.15) is 11.4 Å². The van der Waals surface area contributed by atoms with E-state index < -0.39 is 0 Å². The molecule has 0 aliphatic rings. The van der Waals surface area contributed by atoms with Crippen LogP contribution in [0, 0.1) is 13.8 Å². The lowest BCUT2D eigenvalue weighted by Gasteiger charge is -2.03. The fraction of sp³-hybridized carbons (Fsp3) is 0.105. The molecule has 0 bridgehead atoms. The highest BCUT2D eigenvalue weighted by Crippen LogP contribution is 2.34. The van der Waals surface area contributed by atoms with Crippen molar-refractivity contribution < 1.29 is 0 Å². The molecule has 0 unspecified atom stereocenters. The summed E-state index contributed by atoms with van der Waals surface area (Å²) in [4.78, 5) is 23.5. The van der Waals surface area contributed by atoms with Crippen molar-refractivity contribution in [1.82, 2.24) is 24.9 Å². The van der Waals surface area contributed by atoms with Crippen LogP contribution >= 0.6 is 11.3 Å². The van der Waals surface area contributed by atoms with Gasteiger partial charge in [0.05, 0.1) is 16.3 Å². The second-order valence-corrected chi connectivity index (χ2v) is 6.60. The van der Waals surface area contributed by atoms with Gasteiger partial charge in [-0.05, 0) is 44.2 Å². The average Bonchev–Trinajstić information content (AvgIpc) is 3.04. The highest BCUT2D eigenvalue weighted by atomic mass is 32.1. The van der Waals surface area contributed by atoms with E-state index in [0.717, 1.165) is 38.2 Å². The van der Waals surface area contributed by atoms with Gasteiger partial charge in [-0.3, -0.25) is 4.98 Å². The third kappa shape index (κ3) is 3.16. The van der Waals surface area contributed by atoms with E-state index in [1.54, 1.807) is 23.7 Å². The SMILES string of the molecule is Cc1cccc(-c2nccc(-c3sc(-c4cccnc4)nc3C)n2)n1. The first-order chi connectivity index (χ1) is 12.2. The summed E-state index contributed by atoms with van der Waals surface area (Å²) in [6.07, 6.45) is 5.35. The fourth-order valence-electron chi connectivity index (χ4n) is 2.52. The Morgan fingerprint density at radius 1 is 0.840 bits per heavy atom. The van der Waals surface area contributed by atoms with Crippen molar-refractivity contribution in [2.24, 2.45) is 0 Å². The minimum atomic E-state index is 0.622. The van der Waals surface area contributed by atoms with E-state index in [-0.39, 0.29) is 0 Å². The number of pyridine rings is 2. The van der Waals surface area contributed by atoms with Gasteiger partial charge in [-0.25, -0.2) is 19.9 Å². The van der Waals surface area contributed by atoms with Crippen molar-refractivity contribution in [1.29, 1.82) is 0 Å². The van der Waals surface area contributed by atoms with Crippen molar-refractivity contribution in [2.45, 2.75) is 13.8 Å². The zero-order valence-electron chi connectivity index (χ0n) is 13.8. The normalized spacial score (nSPS) is 10.8. The highest BCUT2D eigenvalue weighted by molar-refractivity contribution is 7.18. The summed E-state index contributed by atoms with van der Waals surface area (Å²) in [6, 6.07) is 11.7. The number of nitrogens with zero attached hydrogens (tertiary/aromatic N) is 5. The van der Waals surface area contributed by atoms with Gasteiger partial charge in [0.15, 0.2) is 5.82 Å². The van der Waals surface area contributed by atoms with Gasteiger partial charge < -0.3 is 0 Å². The second kappa shape index (κ2) is 6.49. The van der Waals surface area contributed by atoms with Gasteiger partial charge in [0.2, 0.25) is 0 Å².